The minimum Gasteiger partial charge on any atom is -1.00 e. The number of rotatable bonds is 0. The van der Waals surface area contributed by atoms with Crippen LogP contribution in [0.5, 0.6) is 0 Å². The number of hydrogen-bond acceptors (Lipinski definition) is 0. The second-order valence-electron chi connectivity index (χ2n) is 4.31. The molecule has 0 unspecified atom stereocenters. The quantitative estimate of drug-likeness (QED) is 0.416. The van der Waals surface area contributed by atoms with Gasteiger partial charge < -0.3 is 12.4 Å². The van der Waals surface area contributed by atoms with E-state index < -0.39 is 0 Å². The maximum absolute atomic E-state index is 3.34. The van der Waals surface area contributed by atoms with Gasteiger partial charge in [0.05, 0.1) is 0 Å². The molecule has 0 saturated heterocycles. The Balaban J connectivity index is 0.000000181. The summed E-state index contributed by atoms with van der Waals surface area (Å²) in [5.74, 6) is 0. The normalized spacial score (nSPS) is 8.90. The summed E-state index contributed by atoms with van der Waals surface area (Å²) in [6.45, 7) is 0. The van der Waals surface area contributed by atoms with Crippen LogP contribution in [0.4, 0.5) is 0 Å². The zero-order valence-electron chi connectivity index (χ0n) is 11.7. The molecule has 0 bridgehead atoms. The van der Waals surface area contributed by atoms with Gasteiger partial charge in [-0.3, -0.25) is 0 Å². The Kier molecular flexibility index (Phi) is 8.12. The fraction of sp³-hybridized carbons (Fsp3) is 0. The van der Waals surface area contributed by atoms with E-state index in [-0.39, 0.29) is 12.4 Å². The van der Waals surface area contributed by atoms with Gasteiger partial charge in [-0.2, -0.15) is 35.0 Å². The Morgan fingerprint density at radius 2 is 1.00 bits per heavy atom. The molecule has 2 heteroatoms. The van der Waals surface area contributed by atoms with Crippen molar-refractivity contribution in [2.45, 2.75) is 0 Å². The maximum Gasteiger partial charge on any atom is -0.0809 e. The van der Waals surface area contributed by atoms with Crippen molar-refractivity contribution in [3.8, 4) is 0 Å². The van der Waals surface area contributed by atoms with Crippen LogP contribution < -0.4 is 12.4 Å². The van der Waals surface area contributed by atoms with Gasteiger partial charge in [-0.25, -0.2) is 0 Å². The SMILES string of the molecule is [CH2]=[Zr].[Cl-].c1ccc2[cH-]ccc2c1.c1ccc2[cH-]ccc2c1. The van der Waals surface area contributed by atoms with Gasteiger partial charge in [-0.15, -0.1) is 59.3 Å². The van der Waals surface area contributed by atoms with Gasteiger partial charge >= 0.3 is 28.4 Å². The summed E-state index contributed by atoms with van der Waals surface area (Å²) in [7, 11) is 0. The number of fused-ring (bicyclic) bond motifs is 2. The molecule has 0 aliphatic carbocycles. The summed E-state index contributed by atoms with van der Waals surface area (Å²) in [6, 6.07) is 29.3. The van der Waals surface area contributed by atoms with Crippen molar-refractivity contribution in [2.75, 3.05) is 0 Å². The topological polar surface area (TPSA) is 0 Å². The zero-order chi connectivity index (χ0) is 14.2. The maximum atomic E-state index is 3.34. The smallest absolute Gasteiger partial charge is 0.0809 e. The molecule has 4 aromatic rings. The molecule has 0 aliphatic rings. The molecule has 0 spiro atoms. The molecule has 21 heavy (non-hydrogen) atoms. The molecule has 106 valence electrons. The van der Waals surface area contributed by atoms with Crippen LogP contribution in [0.3, 0.4) is 0 Å². The van der Waals surface area contributed by atoms with Crippen LogP contribution in [0.2, 0.25) is 0 Å². The van der Waals surface area contributed by atoms with E-state index in [1.54, 1.807) is 0 Å². The summed E-state index contributed by atoms with van der Waals surface area (Å²) in [5, 5.41) is 5.32. The Morgan fingerprint density at radius 1 is 0.619 bits per heavy atom. The average molecular weight is 371 g/mol. The molecular formula is C19H16ClZr-3. The second kappa shape index (κ2) is 9.61. The van der Waals surface area contributed by atoms with Gasteiger partial charge in [-0.1, -0.05) is 12.1 Å². The van der Waals surface area contributed by atoms with E-state index in [0.717, 1.165) is 0 Å². The fourth-order valence-electron chi connectivity index (χ4n) is 2.14. The summed E-state index contributed by atoms with van der Waals surface area (Å²) in [6.07, 6.45) is 0. The van der Waals surface area contributed by atoms with Crippen molar-refractivity contribution >= 4 is 25.8 Å². The van der Waals surface area contributed by atoms with Crippen LogP contribution in [-0.2, 0) is 24.2 Å². The van der Waals surface area contributed by atoms with Gasteiger partial charge in [0, 0.05) is 0 Å². The monoisotopic (exact) mass is 369 g/mol. The zero-order valence-corrected chi connectivity index (χ0v) is 14.9. The third kappa shape index (κ3) is 4.88. The molecule has 0 aromatic heterocycles. The largest absolute Gasteiger partial charge is 1.00 e. The van der Waals surface area contributed by atoms with Crippen LogP contribution in [0, 0.1) is 0 Å². The molecule has 0 aliphatic heterocycles. The van der Waals surface area contributed by atoms with E-state index in [2.05, 4.69) is 89.1 Å². The van der Waals surface area contributed by atoms with Crippen molar-refractivity contribution in [2.24, 2.45) is 0 Å². The molecule has 0 radical (unpaired) electrons. The van der Waals surface area contributed by atoms with Crippen LogP contribution in [0.25, 0.3) is 21.5 Å². The van der Waals surface area contributed by atoms with E-state index in [4.69, 9.17) is 0 Å². The van der Waals surface area contributed by atoms with Gasteiger partial charge in [0.15, 0.2) is 0 Å². The number of halogens is 1. The molecule has 4 aromatic carbocycles. The first kappa shape index (κ1) is 17.8. The molecule has 0 saturated carbocycles. The van der Waals surface area contributed by atoms with Crippen LogP contribution in [0.1, 0.15) is 0 Å². The standard InChI is InChI=1S/2C9H7.CH2.ClH.Zr/c2*1-2-5-9-7-3-6-8(9)4-1;;;/h2*1-7H;1H2;1H;/q2*-1;;;/p-1. The Morgan fingerprint density at radius 3 is 1.38 bits per heavy atom. The van der Waals surface area contributed by atoms with Crippen molar-refractivity contribution in [1.29, 1.82) is 0 Å². The molecule has 0 fully saturated rings. The van der Waals surface area contributed by atoms with E-state index in [9.17, 15) is 0 Å². The van der Waals surface area contributed by atoms with Gasteiger partial charge in [0.2, 0.25) is 0 Å². The molecule has 0 atom stereocenters. The predicted octanol–water partition coefficient (Wildman–Crippen LogP) is 2.09. The Hall–Kier alpha value is -1.30. The van der Waals surface area contributed by atoms with Crippen LogP contribution in [0.15, 0.2) is 84.9 Å². The first-order valence-corrected chi connectivity index (χ1v) is 8.23. The molecule has 4 rings (SSSR count). The van der Waals surface area contributed by atoms with Gasteiger partial charge in [0.25, 0.3) is 0 Å². The second-order valence-corrected chi connectivity index (χ2v) is 4.31. The first-order valence-electron chi connectivity index (χ1n) is 6.50. The van der Waals surface area contributed by atoms with E-state index in [1.165, 1.54) is 45.8 Å². The molecule has 0 heterocycles. The number of hydrogen-bond donors (Lipinski definition) is 0. The average Bonchev–Trinajstić information content (AvgIpc) is 3.18. The fourth-order valence-corrected chi connectivity index (χ4v) is 2.14. The van der Waals surface area contributed by atoms with Crippen molar-refractivity contribution in [3.63, 3.8) is 0 Å². The Labute approximate surface area is 146 Å². The third-order valence-electron chi connectivity index (χ3n) is 3.10. The summed E-state index contributed by atoms with van der Waals surface area (Å²) < 4.78 is 3.34. The van der Waals surface area contributed by atoms with Crippen molar-refractivity contribution in [3.05, 3.63) is 84.9 Å². The van der Waals surface area contributed by atoms with Crippen molar-refractivity contribution < 1.29 is 36.6 Å². The minimum absolute atomic E-state index is 0. The van der Waals surface area contributed by atoms with E-state index in [1.807, 2.05) is 0 Å². The molecule has 0 N–H and O–H groups in total. The minimum atomic E-state index is 0. The molecular weight excluding hydrogens is 355 g/mol. The third-order valence-corrected chi connectivity index (χ3v) is 3.10. The van der Waals surface area contributed by atoms with E-state index in [0.29, 0.717) is 0 Å². The number of benzene rings is 2. The summed E-state index contributed by atoms with van der Waals surface area (Å²) in [4.78, 5) is 0. The van der Waals surface area contributed by atoms with Crippen molar-refractivity contribution in [1.82, 2.24) is 0 Å². The van der Waals surface area contributed by atoms with E-state index >= 15 is 0 Å². The van der Waals surface area contributed by atoms with Crippen LogP contribution >= 0.6 is 0 Å². The van der Waals surface area contributed by atoms with Gasteiger partial charge in [-0.05, 0) is 0 Å². The summed E-state index contributed by atoms with van der Waals surface area (Å²) in [5.41, 5.74) is 0. The first-order chi connectivity index (χ1) is 9.93. The molecule has 0 nitrogen and oxygen atoms in total. The molecule has 0 amide bonds. The summed E-state index contributed by atoms with van der Waals surface area (Å²) >= 11 is 1.30. The predicted molar refractivity (Wildman–Crippen MR) is 86.2 cm³/mol. The van der Waals surface area contributed by atoms with Gasteiger partial charge in [0.1, 0.15) is 0 Å². The Bertz CT molecular complexity index is 641. The van der Waals surface area contributed by atoms with Crippen LogP contribution in [-0.4, -0.2) is 4.21 Å².